The van der Waals surface area contributed by atoms with Gasteiger partial charge in [-0.3, -0.25) is 18.6 Å². The summed E-state index contributed by atoms with van der Waals surface area (Å²) < 4.78 is 26.2. The zero-order valence-electron chi connectivity index (χ0n) is 28.4. The van der Waals surface area contributed by atoms with Crippen LogP contribution < -0.4 is 5.32 Å². The van der Waals surface area contributed by atoms with E-state index in [0.717, 1.165) is 19.3 Å². The number of esters is 1. The van der Waals surface area contributed by atoms with Crippen LogP contribution in [-0.4, -0.2) is 54.3 Å². The van der Waals surface area contributed by atoms with Gasteiger partial charge in [-0.15, -0.1) is 0 Å². The van der Waals surface area contributed by atoms with Crippen LogP contribution in [0.5, 0.6) is 0 Å². The first-order valence-corrected chi connectivity index (χ1v) is 19.5. The predicted molar refractivity (Wildman–Crippen MR) is 178 cm³/mol. The van der Waals surface area contributed by atoms with E-state index in [2.05, 4.69) is 12.2 Å². The molecule has 0 aromatic carbocycles. The maximum absolute atomic E-state index is 11.9. The molecule has 2 atom stereocenters. The molecule has 1 amide bonds. The molecule has 0 saturated carbocycles. The SMILES string of the molecule is CCCCCCCCCCCCCCCCCCCCCCCCCC(=O)OCC(O)COP(=O)(O)OCCNC(=O)CC. The van der Waals surface area contributed by atoms with Crippen LogP contribution in [0.25, 0.3) is 0 Å². The number of ether oxygens (including phenoxy) is 1. The summed E-state index contributed by atoms with van der Waals surface area (Å²) in [6.07, 6.45) is 29.8. The van der Waals surface area contributed by atoms with E-state index in [9.17, 15) is 24.2 Å². The van der Waals surface area contributed by atoms with E-state index in [0.29, 0.717) is 6.42 Å². The normalized spacial score (nSPS) is 13.5. The Labute approximate surface area is 269 Å². The Morgan fingerprint density at radius 3 is 1.45 bits per heavy atom. The van der Waals surface area contributed by atoms with Crippen LogP contribution in [0.15, 0.2) is 0 Å². The highest BCUT2D eigenvalue weighted by Crippen LogP contribution is 2.42. The van der Waals surface area contributed by atoms with Gasteiger partial charge in [-0.1, -0.05) is 155 Å². The lowest BCUT2D eigenvalue weighted by atomic mass is 10.0. The number of carbonyl (C=O) groups excluding carboxylic acids is 2. The summed E-state index contributed by atoms with van der Waals surface area (Å²) in [5, 5.41) is 12.3. The van der Waals surface area contributed by atoms with Crippen molar-refractivity contribution in [3.05, 3.63) is 0 Å². The van der Waals surface area contributed by atoms with Gasteiger partial charge in [0.2, 0.25) is 5.91 Å². The predicted octanol–water partition coefficient (Wildman–Crippen LogP) is 8.93. The molecule has 0 saturated heterocycles. The van der Waals surface area contributed by atoms with Gasteiger partial charge in [0.15, 0.2) is 0 Å². The van der Waals surface area contributed by atoms with Crippen LogP contribution in [0.4, 0.5) is 0 Å². The Hall–Kier alpha value is -0.990. The third kappa shape index (κ3) is 32.4. The lowest BCUT2D eigenvalue weighted by Crippen LogP contribution is -2.26. The number of phosphoric acid groups is 1. The summed E-state index contributed by atoms with van der Waals surface area (Å²) in [7, 11) is -4.37. The molecule has 0 aliphatic carbocycles. The van der Waals surface area contributed by atoms with Gasteiger partial charge in [0, 0.05) is 19.4 Å². The summed E-state index contributed by atoms with van der Waals surface area (Å²) in [5.41, 5.74) is 0. The van der Waals surface area contributed by atoms with Crippen molar-refractivity contribution in [1.82, 2.24) is 5.32 Å². The number of hydrogen-bond donors (Lipinski definition) is 3. The largest absolute Gasteiger partial charge is 0.472 e. The fourth-order valence-electron chi connectivity index (χ4n) is 5.06. The standard InChI is InChI=1S/C34H68NO8P/c1-3-5-6-7-8-9-10-11-12-13-14-15-16-17-18-19-20-21-22-23-24-25-26-27-34(38)41-30-32(36)31-43-44(39,40)42-29-28-35-33(37)4-2/h32,36H,3-31H2,1-2H3,(H,35,37)(H,39,40). The summed E-state index contributed by atoms with van der Waals surface area (Å²) in [4.78, 5) is 32.6. The van der Waals surface area contributed by atoms with E-state index in [-0.39, 0.29) is 32.1 Å². The molecule has 0 aromatic rings. The molecule has 0 fully saturated rings. The number of nitrogens with one attached hydrogen (secondary N) is 1. The molecular formula is C34H68NO8P. The summed E-state index contributed by atoms with van der Waals surface area (Å²) in [6.45, 7) is 3.01. The van der Waals surface area contributed by atoms with Crippen LogP contribution in [-0.2, 0) is 27.9 Å². The van der Waals surface area contributed by atoms with Gasteiger partial charge in [0.05, 0.1) is 13.2 Å². The first kappa shape index (κ1) is 43.0. The van der Waals surface area contributed by atoms with Crippen molar-refractivity contribution in [2.45, 2.75) is 180 Å². The van der Waals surface area contributed by atoms with Crippen molar-refractivity contribution in [2.24, 2.45) is 0 Å². The monoisotopic (exact) mass is 649 g/mol. The van der Waals surface area contributed by atoms with Crippen LogP contribution in [0.2, 0.25) is 0 Å². The molecule has 0 heterocycles. The van der Waals surface area contributed by atoms with E-state index in [1.165, 1.54) is 128 Å². The van der Waals surface area contributed by atoms with Crippen molar-refractivity contribution >= 4 is 19.7 Å². The molecule has 3 N–H and O–H groups in total. The number of phosphoric ester groups is 1. The molecule has 10 heteroatoms. The average Bonchev–Trinajstić information content (AvgIpc) is 3.01. The highest BCUT2D eigenvalue weighted by molar-refractivity contribution is 7.47. The smallest absolute Gasteiger partial charge is 0.463 e. The summed E-state index contributed by atoms with van der Waals surface area (Å²) >= 11 is 0. The van der Waals surface area contributed by atoms with E-state index in [1.54, 1.807) is 6.92 Å². The minimum absolute atomic E-state index is 0.0698. The molecule has 0 aromatic heterocycles. The third-order valence-corrected chi connectivity index (χ3v) is 8.84. The van der Waals surface area contributed by atoms with Gasteiger partial charge in [-0.05, 0) is 6.42 Å². The zero-order chi connectivity index (χ0) is 32.6. The molecule has 0 aliphatic heterocycles. The van der Waals surface area contributed by atoms with E-state index in [1.807, 2.05) is 0 Å². The van der Waals surface area contributed by atoms with E-state index >= 15 is 0 Å². The fraction of sp³-hybridized carbons (Fsp3) is 0.941. The lowest BCUT2D eigenvalue weighted by Gasteiger charge is -2.15. The van der Waals surface area contributed by atoms with Gasteiger partial charge in [0.25, 0.3) is 0 Å². The summed E-state index contributed by atoms with van der Waals surface area (Å²) in [5.74, 6) is -0.599. The maximum atomic E-state index is 11.9. The molecule has 0 radical (unpaired) electrons. The molecule has 262 valence electrons. The highest BCUT2D eigenvalue weighted by atomic mass is 31.2. The van der Waals surface area contributed by atoms with Gasteiger partial charge >= 0.3 is 13.8 Å². The van der Waals surface area contributed by atoms with Crippen molar-refractivity contribution < 1.29 is 37.9 Å². The number of unbranched alkanes of at least 4 members (excludes halogenated alkanes) is 22. The number of amides is 1. The first-order valence-electron chi connectivity index (χ1n) is 18.0. The quantitative estimate of drug-likeness (QED) is 0.0358. The molecule has 0 rings (SSSR count). The van der Waals surface area contributed by atoms with Gasteiger partial charge in [-0.25, -0.2) is 4.57 Å². The minimum atomic E-state index is -4.37. The fourth-order valence-corrected chi connectivity index (χ4v) is 5.82. The lowest BCUT2D eigenvalue weighted by molar-refractivity contribution is -0.147. The maximum Gasteiger partial charge on any atom is 0.472 e. The topological polar surface area (TPSA) is 131 Å². The number of rotatable bonds is 34. The number of aliphatic hydroxyl groups is 1. The number of carbonyl (C=O) groups is 2. The summed E-state index contributed by atoms with van der Waals surface area (Å²) in [6, 6.07) is 0. The van der Waals surface area contributed by atoms with Gasteiger partial charge in [0.1, 0.15) is 12.7 Å². The molecular weight excluding hydrogens is 581 g/mol. The van der Waals surface area contributed by atoms with Crippen molar-refractivity contribution in [3.8, 4) is 0 Å². The number of aliphatic hydroxyl groups excluding tert-OH is 1. The molecule has 0 aliphatic rings. The highest BCUT2D eigenvalue weighted by Gasteiger charge is 2.23. The van der Waals surface area contributed by atoms with Crippen molar-refractivity contribution in [1.29, 1.82) is 0 Å². The van der Waals surface area contributed by atoms with Crippen molar-refractivity contribution in [2.75, 3.05) is 26.4 Å². The molecule has 2 unspecified atom stereocenters. The Kier molecular flexibility index (Phi) is 31.3. The van der Waals surface area contributed by atoms with Crippen LogP contribution in [0.1, 0.15) is 174 Å². The van der Waals surface area contributed by atoms with Gasteiger partial charge < -0.3 is 20.1 Å². The second kappa shape index (κ2) is 32.0. The second-order valence-electron chi connectivity index (χ2n) is 12.2. The van der Waals surface area contributed by atoms with Crippen LogP contribution >= 0.6 is 7.82 Å². The first-order chi connectivity index (χ1) is 21.3. The Bertz CT molecular complexity index is 709. The number of hydrogen-bond acceptors (Lipinski definition) is 7. The molecule has 0 spiro atoms. The average molecular weight is 650 g/mol. The van der Waals surface area contributed by atoms with Crippen LogP contribution in [0.3, 0.4) is 0 Å². The Balaban J connectivity index is 3.39. The molecule has 9 nitrogen and oxygen atoms in total. The van der Waals surface area contributed by atoms with Gasteiger partial charge in [-0.2, -0.15) is 0 Å². The van der Waals surface area contributed by atoms with E-state index < -0.39 is 26.5 Å². The van der Waals surface area contributed by atoms with E-state index in [4.69, 9.17) is 13.8 Å². The Morgan fingerprint density at radius 2 is 1.05 bits per heavy atom. The second-order valence-corrected chi connectivity index (χ2v) is 13.6. The zero-order valence-corrected chi connectivity index (χ0v) is 29.3. The molecule has 44 heavy (non-hydrogen) atoms. The van der Waals surface area contributed by atoms with Crippen LogP contribution in [0, 0.1) is 0 Å². The minimum Gasteiger partial charge on any atom is -0.463 e. The molecule has 0 bridgehead atoms. The van der Waals surface area contributed by atoms with Crippen molar-refractivity contribution in [3.63, 3.8) is 0 Å². The Morgan fingerprint density at radius 1 is 0.636 bits per heavy atom. The third-order valence-electron chi connectivity index (χ3n) is 7.85.